The first-order valence-electron chi connectivity index (χ1n) is 19.7. The number of rotatable bonds is 6. The molecule has 16 nitrogen and oxygen atoms in total. The summed E-state index contributed by atoms with van der Waals surface area (Å²) in [6.07, 6.45) is 7.54. The molecule has 0 spiro atoms. The largest absolute Gasteiger partial charge is 0.489 e. The number of fused-ring (bicyclic) bond motifs is 5. The molecule has 3 aliphatic heterocycles. The maximum absolute atomic E-state index is 14.8. The van der Waals surface area contributed by atoms with Crippen LogP contribution >= 0.6 is 0 Å². The molecule has 7 rings (SSSR count). The molecule has 1 aromatic carbocycles. The van der Waals surface area contributed by atoms with Crippen LogP contribution in [0.5, 0.6) is 11.6 Å². The first kappa shape index (κ1) is 40.3. The van der Waals surface area contributed by atoms with Gasteiger partial charge in [0.2, 0.25) is 27.7 Å². The molecule has 5 amide bonds. The number of hydrogen-bond donors (Lipinski definition) is 3. The number of amides is 5. The number of likely N-dealkylation sites (N-methyl/N-ethyl adjacent to an activating group) is 2. The third-order valence-electron chi connectivity index (χ3n) is 12.3. The summed E-state index contributed by atoms with van der Waals surface area (Å²) in [5, 5.41) is 7.03. The van der Waals surface area contributed by atoms with Crippen molar-refractivity contribution in [2.24, 2.45) is 17.8 Å². The smallest absolute Gasteiger partial charge is 0.311 e. The Hall–Kier alpha value is -4.93. The van der Waals surface area contributed by atoms with Gasteiger partial charge in [-0.05, 0) is 75.5 Å². The van der Waals surface area contributed by atoms with E-state index in [1.54, 1.807) is 13.1 Å². The van der Waals surface area contributed by atoms with E-state index >= 15 is 0 Å². The molecule has 308 valence electrons. The summed E-state index contributed by atoms with van der Waals surface area (Å²) < 4.78 is 40.2. The van der Waals surface area contributed by atoms with Gasteiger partial charge in [-0.1, -0.05) is 26.0 Å². The maximum Gasteiger partial charge on any atom is 0.311 e. The average Bonchev–Trinajstić information content (AvgIpc) is 4.05. The second-order valence-electron chi connectivity index (χ2n) is 17.0. The Bertz CT molecular complexity index is 2120. The van der Waals surface area contributed by atoms with Crippen LogP contribution in [0.15, 0.2) is 36.5 Å². The zero-order valence-corrected chi connectivity index (χ0v) is 34.2. The Balaban J connectivity index is 1.23. The van der Waals surface area contributed by atoms with E-state index in [0.29, 0.717) is 43.4 Å². The molecule has 0 bridgehead atoms. The number of pyridine rings is 1. The van der Waals surface area contributed by atoms with Crippen LogP contribution < -0.4 is 29.7 Å². The van der Waals surface area contributed by atoms with Gasteiger partial charge in [0.05, 0.1) is 23.5 Å². The van der Waals surface area contributed by atoms with Crippen LogP contribution in [0.3, 0.4) is 0 Å². The van der Waals surface area contributed by atoms with E-state index < -0.39 is 79.9 Å². The molecule has 1 aromatic heterocycles. The van der Waals surface area contributed by atoms with Crippen LogP contribution in [0.2, 0.25) is 0 Å². The molecule has 7 atom stereocenters. The fourth-order valence-electron chi connectivity index (χ4n) is 8.30. The molecule has 17 heteroatoms. The highest BCUT2D eigenvalue weighted by molar-refractivity contribution is 7.91. The van der Waals surface area contributed by atoms with E-state index in [2.05, 4.69) is 25.2 Å². The Morgan fingerprint density at radius 1 is 1.09 bits per heavy atom. The molecular formula is C40H53N7O9S. The van der Waals surface area contributed by atoms with Gasteiger partial charge in [-0.25, -0.2) is 13.4 Å². The van der Waals surface area contributed by atoms with Gasteiger partial charge in [0.1, 0.15) is 30.3 Å². The van der Waals surface area contributed by atoms with Crippen molar-refractivity contribution in [3.63, 3.8) is 0 Å². The van der Waals surface area contributed by atoms with Crippen LogP contribution in [0, 0.1) is 17.8 Å². The van der Waals surface area contributed by atoms with Crippen molar-refractivity contribution < 1.29 is 41.9 Å². The van der Waals surface area contributed by atoms with Gasteiger partial charge in [-0.3, -0.25) is 28.7 Å². The van der Waals surface area contributed by atoms with E-state index in [1.807, 2.05) is 51.2 Å². The number of carbonyl (C=O) groups is 5. The molecule has 2 aromatic rings. The van der Waals surface area contributed by atoms with Crippen molar-refractivity contribution in [2.45, 2.75) is 94.2 Å². The molecule has 2 aliphatic carbocycles. The number of hydrogen-bond acceptors (Lipinski definition) is 11. The van der Waals surface area contributed by atoms with E-state index in [4.69, 9.17) is 9.47 Å². The normalized spacial score (nSPS) is 30.2. The Morgan fingerprint density at radius 2 is 1.84 bits per heavy atom. The summed E-state index contributed by atoms with van der Waals surface area (Å²) >= 11 is 0. The highest BCUT2D eigenvalue weighted by atomic mass is 32.2. The van der Waals surface area contributed by atoms with Crippen molar-refractivity contribution in [1.29, 1.82) is 0 Å². The predicted molar refractivity (Wildman–Crippen MR) is 211 cm³/mol. The third-order valence-corrected chi connectivity index (χ3v) is 14.5. The first-order valence-corrected chi connectivity index (χ1v) is 21.2. The monoisotopic (exact) mass is 807 g/mol. The first-order chi connectivity index (χ1) is 26.9. The summed E-state index contributed by atoms with van der Waals surface area (Å²) in [6, 6.07) is 3.30. The van der Waals surface area contributed by atoms with Crippen LogP contribution in [0.4, 0.5) is 5.69 Å². The van der Waals surface area contributed by atoms with E-state index in [9.17, 15) is 32.4 Å². The van der Waals surface area contributed by atoms with Crippen molar-refractivity contribution in [1.82, 2.24) is 30.1 Å². The predicted octanol–water partition coefficient (Wildman–Crippen LogP) is 1.87. The van der Waals surface area contributed by atoms with Gasteiger partial charge in [0.25, 0.3) is 5.91 Å². The summed E-state index contributed by atoms with van der Waals surface area (Å²) in [6.45, 7) is 6.62. The Labute approximate surface area is 333 Å². The number of benzene rings is 1. The van der Waals surface area contributed by atoms with Crippen LogP contribution in [0.25, 0.3) is 10.8 Å². The van der Waals surface area contributed by atoms with Gasteiger partial charge in [-0.15, -0.1) is 0 Å². The summed E-state index contributed by atoms with van der Waals surface area (Å²) in [5.74, 6) is -3.70. The average molecular weight is 808 g/mol. The lowest BCUT2D eigenvalue weighted by Gasteiger charge is -2.33. The van der Waals surface area contributed by atoms with Crippen LogP contribution in [0.1, 0.15) is 65.7 Å². The Morgan fingerprint density at radius 3 is 2.56 bits per heavy atom. The van der Waals surface area contributed by atoms with E-state index in [0.717, 1.165) is 28.9 Å². The second kappa shape index (κ2) is 15.1. The van der Waals surface area contributed by atoms with Gasteiger partial charge < -0.3 is 34.8 Å². The molecule has 1 saturated heterocycles. The SMILES string of the molecule is C[C@H]1CC/C=C\[C@@H]2C[C@@]2(C(=O)NS(=O)(=O)C2(C)CC2)NC(=O)[C@@H]2C[C@@H](Oc3nccc4c5c(ccc34)N(C)CCO5)CN2C(=O)[C@@H](NC(=O)C(=O)N(C)C)[C@H](C)C1. The quantitative estimate of drug-likeness (QED) is 0.285. The standard InChI is InChI=1S/C40H53N7O9S/c1-23-9-7-8-10-25-21-40(25,38(52)44-57(53,54)39(3)14-15-39)43-33(48)30-20-26(22-47(30)36(50)31(24(2)19-23)42-34(49)37(51)45(4)5)56-35-28-11-12-29-32(27(28)13-16-41-35)55-18-17-46(29)6/h8,10-13,16,23-26,30-31H,7,9,14-15,17-22H2,1-6H3,(H,42,49)(H,43,48)(H,44,52)/b10-8-/t23-,24+,25+,26+,30-,31-,40+/m0/s1. The number of sulfonamides is 1. The summed E-state index contributed by atoms with van der Waals surface area (Å²) in [5.41, 5.74) is -0.636. The zero-order chi connectivity index (χ0) is 41.0. The van der Waals surface area contributed by atoms with Crippen molar-refractivity contribution >= 4 is 56.0 Å². The van der Waals surface area contributed by atoms with Gasteiger partial charge in [0.15, 0.2) is 5.75 Å². The number of nitrogens with zero attached hydrogens (tertiary/aromatic N) is 4. The maximum atomic E-state index is 14.8. The highest BCUT2D eigenvalue weighted by Crippen LogP contribution is 2.48. The van der Waals surface area contributed by atoms with Gasteiger partial charge in [0, 0.05) is 50.5 Å². The number of aromatic nitrogens is 1. The lowest BCUT2D eigenvalue weighted by Crippen LogP contribution is -2.60. The lowest BCUT2D eigenvalue weighted by atomic mass is 9.87. The van der Waals surface area contributed by atoms with E-state index in [1.165, 1.54) is 19.0 Å². The number of allylic oxidation sites excluding steroid dienone is 1. The molecule has 3 fully saturated rings. The second-order valence-corrected chi connectivity index (χ2v) is 19.2. The number of nitrogens with one attached hydrogen (secondary N) is 3. The molecular weight excluding hydrogens is 755 g/mol. The van der Waals surface area contributed by atoms with Crippen LogP contribution in [-0.4, -0.2) is 122 Å². The zero-order valence-electron chi connectivity index (χ0n) is 33.4. The van der Waals surface area contributed by atoms with E-state index in [-0.39, 0.29) is 31.2 Å². The molecule has 5 aliphatic rings. The lowest BCUT2D eigenvalue weighted by molar-refractivity contribution is -0.148. The fourth-order valence-corrected chi connectivity index (χ4v) is 9.61. The Kier molecular flexibility index (Phi) is 10.7. The minimum absolute atomic E-state index is 0.00350. The van der Waals surface area contributed by atoms with Crippen molar-refractivity contribution in [3.8, 4) is 11.6 Å². The van der Waals surface area contributed by atoms with Crippen molar-refractivity contribution in [3.05, 3.63) is 36.5 Å². The molecule has 3 N–H and O–H groups in total. The topological polar surface area (TPSA) is 197 Å². The minimum Gasteiger partial charge on any atom is -0.489 e. The van der Waals surface area contributed by atoms with Gasteiger partial charge in [-0.2, -0.15) is 0 Å². The fraction of sp³-hybridized carbons (Fsp3) is 0.600. The minimum atomic E-state index is -4.02. The molecule has 0 unspecified atom stereocenters. The van der Waals surface area contributed by atoms with Crippen LogP contribution in [-0.2, 0) is 34.0 Å². The molecule has 0 radical (unpaired) electrons. The summed E-state index contributed by atoms with van der Waals surface area (Å²) in [4.78, 5) is 78.4. The molecule has 2 saturated carbocycles. The number of anilines is 1. The molecule has 57 heavy (non-hydrogen) atoms. The highest BCUT2D eigenvalue weighted by Gasteiger charge is 2.63. The number of ether oxygens (including phenoxy) is 2. The van der Waals surface area contributed by atoms with Crippen molar-refractivity contribution in [2.75, 3.05) is 45.7 Å². The summed E-state index contributed by atoms with van der Waals surface area (Å²) in [7, 11) is 0.848. The van der Waals surface area contributed by atoms with Gasteiger partial charge >= 0.3 is 11.8 Å². The third kappa shape index (κ3) is 7.74. The molecule has 4 heterocycles. The number of carbonyl (C=O) groups excluding carboxylic acids is 5.